The van der Waals surface area contributed by atoms with E-state index in [1.807, 2.05) is 54.6 Å². The standard InChI is InChI=1S/C17H12BrNOS/c18-14-5-7-15(8-6-14)21-11-17(20)13-4-3-12-2-1-9-19-16(12)10-13/h1-10H,11H2. The molecule has 104 valence electrons. The molecule has 0 radical (unpaired) electrons. The number of thioether (sulfide) groups is 1. The molecule has 21 heavy (non-hydrogen) atoms. The van der Waals surface area contributed by atoms with Crippen molar-refractivity contribution in [2.75, 3.05) is 5.75 Å². The lowest BCUT2D eigenvalue weighted by Gasteiger charge is -2.03. The fourth-order valence-corrected chi connectivity index (χ4v) is 3.06. The van der Waals surface area contributed by atoms with Gasteiger partial charge >= 0.3 is 0 Å². The molecule has 0 atom stereocenters. The van der Waals surface area contributed by atoms with Gasteiger partial charge in [0.05, 0.1) is 11.3 Å². The fraction of sp³-hybridized carbons (Fsp3) is 0.0588. The number of benzene rings is 2. The van der Waals surface area contributed by atoms with Crippen LogP contribution in [0, 0.1) is 0 Å². The zero-order valence-electron chi connectivity index (χ0n) is 11.1. The summed E-state index contributed by atoms with van der Waals surface area (Å²) in [4.78, 5) is 17.6. The molecule has 0 spiro atoms. The number of fused-ring (bicyclic) bond motifs is 1. The van der Waals surface area contributed by atoms with Gasteiger partial charge < -0.3 is 0 Å². The van der Waals surface area contributed by atoms with Crippen LogP contribution in [0.15, 0.2) is 70.2 Å². The lowest BCUT2D eigenvalue weighted by Crippen LogP contribution is -2.02. The van der Waals surface area contributed by atoms with Crippen LogP contribution in [0.4, 0.5) is 0 Å². The minimum Gasteiger partial charge on any atom is -0.293 e. The number of ketones is 1. The van der Waals surface area contributed by atoms with Crippen molar-refractivity contribution in [3.63, 3.8) is 0 Å². The van der Waals surface area contributed by atoms with Gasteiger partial charge in [0.1, 0.15) is 0 Å². The summed E-state index contributed by atoms with van der Waals surface area (Å²) in [7, 11) is 0. The monoisotopic (exact) mass is 357 g/mol. The molecule has 3 rings (SSSR count). The third-order valence-corrected chi connectivity index (χ3v) is 4.65. The molecule has 2 nitrogen and oxygen atoms in total. The number of hydrogen-bond acceptors (Lipinski definition) is 3. The first-order valence-electron chi connectivity index (χ1n) is 6.49. The number of hydrogen-bond donors (Lipinski definition) is 0. The third kappa shape index (κ3) is 3.52. The first-order valence-corrected chi connectivity index (χ1v) is 8.26. The highest BCUT2D eigenvalue weighted by molar-refractivity contribution is 9.10. The van der Waals surface area contributed by atoms with Crippen LogP contribution in [0.5, 0.6) is 0 Å². The van der Waals surface area contributed by atoms with Crippen LogP contribution in [-0.4, -0.2) is 16.5 Å². The number of nitrogens with zero attached hydrogens (tertiary/aromatic N) is 1. The van der Waals surface area contributed by atoms with E-state index in [4.69, 9.17) is 0 Å². The van der Waals surface area contributed by atoms with Gasteiger partial charge in [-0.15, -0.1) is 11.8 Å². The summed E-state index contributed by atoms with van der Waals surface area (Å²) in [6.45, 7) is 0. The molecule has 0 aliphatic rings. The quantitative estimate of drug-likeness (QED) is 0.487. The number of aromatic nitrogens is 1. The SMILES string of the molecule is O=C(CSc1ccc(Br)cc1)c1ccc2cccnc2c1. The maximum Gasteiger partial charge on any atom is 0.173 e. The van der Waals surface area contributed by atoms with Crippen molar-refractivity contribution < 1.29 is 4.79 Å². The Hall–Kier alpha value is -1.65. The number of carbonyl (C=O) groups excluding carboxylic acids is 1. The predicted octanol–water partition coefficient (Wildman–Crippen LogP) is 4.97. The number of rotatable bonds is 4. The van der Waals surface area contributed by atoms with Crippen LogP contribution in [-0.2, 0) is 0 Å². The highest BCUT2D eigenvalue weighted by Gasteiger charge is 2.08. The number of carbonyl (C=O) groups is 1. The van der Waals surface area contributed by atoms with E-state index in [-0.39, 0.29) is 5.78 Å². The van der Waals surface area contributed by atoms with Gasteiger partial charge in [0, 0.05) is 26.5 Å². The molecule has 4 heteroatoms. The average Bonchev–Trinajstić information content (AvgIpc) is 2.53. The van der Waals surface area contributed by atoms with E-state index in [2.05, 4.69) is 20.9 Å². The summed E-state index contributed by atoms with van der Waals surface area (Å²) in [6.07, 6.45) is 1.74. The summed E-state index contributed by atoms with van der Waals surface area (Å²) in [6, 6.07) is 17.5. The van der Waals surface area contributed by atoms with Crippen molar-refractivity contribution in [3.8, 4) is 0 Å². The van der Waals surface area contributed by atoms with Gasteiger partial charge in [0.2, 0.25) is 0 Å². The van der Waals surface area contributed by atoms with Gasteiger partial charge in [0.15, 0.2) is 5.78 Å². The Morgan fingerprint density at radius 1 is 1.10 bits per heavy atom. The maximum atomic E-state index is 12.3. The molecule has 0 unspecified atom stereocenters. The van der Waals surface area contributed by atoms with Crippen LogP contribution in [0.25, 0.3) is 10.9 Å². The third-order valence-electron chi connectivity index (χ3n) is 3.11. The second-order valence-corrected chi connectivity index (χ2v) is 6.54. The molecule has 0 saturated heterocycles. The molecular formula is C17H12BrNOS. The molecule has 3 aromatic rings. The van der Waals surface area contributed by atoms with E-state index >= 15 is 0 Å². The predicted molar refractivity (Wildman–Crippen MR) is 90.9 cm³/mol. The molecule has 0 bridgehead atoms. The first-order chi connectivity index (χ1) is 10.2. The first kappa shape index (κ1) is 14.3. The number of pyridine rings is 1. The Kier molecular flexibility index (Phi) is 4.36. The molecule has 2 aromatic carbocycles. The molecular weight excluding hydrogens is 346 g/mol. The van der Waals surface area contributed by atoms with Crippen LogP contribution < -0.4 is 0 Å². The molecule has 0 fully saturated rings. The zero-order valence-corrected chi connectivity index (χ0v) is 13.5. The van der Waals surface area contributed by atoms with Crippen molar-refractivity contribution >= 4 is 44.4 Å². The van der Waals surface area contributed by atoms with Gasteiger partial charge in [-0.25, -0.2) is 0 Å². The minimum atomic E-state index is 0.121. The molecule has 0 aliphatic carbocycles. The fourth-order valence-electron chi connectivity index (χ4n) is 2.00. The van der Waals surface area contributed by atoms with E-state index in [0.717, 1.165) is 20.3 Å². The average molecular weight is 358 g/mol. The number of halogens is 1. The zero-order chi connectivity index (χ0) is 14.7. The van der Waals surface area contributed by atoms with Crippen molar-refractivity contribution in [2.45, 2.75) is 4.90 Å². The normalized spacial score (nSPS) is 10.7. The second-order valence-electron chi connectivity index (χ2n) is 4.58. The van der Waals surface area contributed by atoms with E-state index < -0.39 is 0 Å². The Balaban J connectivity index is 1.73. The summed E-state index contributed by atoms with van der Waals surface area (Å²) < 4.78 is 1.04. The molecule has 0 saturated carbocycles. The van der Waals surface area contributed by atoms with Gasteiger partial charge in [-0.3, -0.25) is 9.78 Å². The van der Waals surface area contributed by atoms with Gasteiger partial charge in [-0.2, -0.15) is 0 Å². The van der Waals surface area contributed by atoms with E-state index in [1.165, 1.54) is 0 Å². The van der Waals surface area contributed by atoms with E-state index in [1.54, 1.807) is 18.0 Å². The van der Waals surface area contributed by atoms with Crippen LogP contribution in [0.1, 0.15) is 10.4 Å². The largest absolute Gasteiger partial charge is 0.293 e. The summed E-state index contributed by atoms with van der Waals surface area (Å²) in [5.74, 6) is 0.551. The van der Waals surface area contributed by atoms with Gasteiger partial charge in [-0.05, 0) is 36.4 Å². The lowest BCUT2D eigenvalue weighted by molar-refractivity contribution is 0.102. The Morgan fingerprint density at radius 2 is 1.90 bits per heavy atom. The van der Waals surface area contributed by atoms with E-state index in [9.17, 15) is 4.79 Å². The van der Waals surface area contributed by atoms with Crippen molar-refractivity contribution in [3.05, 3.63) is 70.8 Å². The molecule has 0 N–H and O–H groups in total. The lowest BCUT2D eigenvalue weighted by atomic mass is 10.1. The van der Waals surface area contributed by atoms with Gasteiger partial charge in [0.25, 0.3) is 0 Å². The van der Waals surface area contributed by atoms with Crippen molar-refractivity contribution in [1.82, 2.24) is 4.98 Å². The van der Waals surface area contributed by atoms with E-state index in [0.29, 0.717) is 11.3 Å². The molecule has 1 aromatic heterocycles. The van der Waals surface area contributed by atoms with Gasteiger partial charge in [-0.1, -0.05) is 34.1 Å². The molecule has 1 heterocycles. The summed E-state index contributed by atoms with van der Waals surface area (Å²) >= 11 is 4.95. The van der Waals surface area contributed by atoms with Crippen molar-refractivity contribution in [2.24, 2.45) is 0 Å². The Morgan fingerprint density at radius 3 is 2.71 bits per heavy atom. The topological polar surface area (TPSA) is 30.0 Å². The highest BCUT2D eigenvalue weighted by Crippen LogP contribution is 2.22. The highest BCUT2D eigenvalue weighted by atomic mass is 79.9. The maximum absolute atomic E-state index is 12.3. The smallest absolute Gasteiger partial charge is 0.173 e. The molecule has 0 aliphatic heterocycles. The second kappa shape index (κ2) is 6.41. The number of Topliss-reactive ketones (excluding diaryl/α,β-unsaturated/α-hetero) is 1. The Labute approximate surface area is 135 Å². The van der Waals surface area contributed by atoms with Crippen molar-refractivity contribution in [1.29, 1.82) is 0 Å². The molecule has 0 amide bonds. The minimum absolute atomic E-state index is 0.121. The van der Waals surface area contributed by atoms with Crippen LogP contribution in [0.2, 0.25) is 0 Å². The summed E-state index contributed by atoms with van der Waals surface area (Å²) in [5.41, 5.74) is 1.57. The van der Waals surface area contributed by atoms with Crippen LogP contribution >= 0.6 is 27.7 Å². The Bertz CT molecular complexity index is 786. The van der Waals surface area contributed by atoms with Crippen LogP contribution in [0.3, 0.4) is 0 Å². The summed E-state index contributed by atoms with van der Waals surface area (Å²) in [5, 5.41) is 1.05.